The van der Waals surface area contributed by atoms with Crippen LogP contribution in [-0.2, 0) is 4.57 Å². The SMILES string of the molecule is O=C(O)PP(=O)(O)O. The van der Waals surface area contributed by atoms with Gasteiger partial charge in [0.05, 0.1) is 0 Å². The topological polar surface area (TPSA) is 94.8 Å². The standard InChI is InChI=1S/CH4O5P2/c2-1(3)7-8(4,5)6/h7H,(H,2,3)(H2,4,5,6). The van der Waals surface area contributed by atoms with Crippen molar-refractivity contribution in [3.63, 3.8) is 0 Å². The van der Waals surface area contributed by atoms with Crippen molar-refractivity contribution in [1.82, 2.24) is 0 Å². The second-order valence-electron chi connectivity index (χ2n) is 0.961. The van der Waals surface area contributed by atoms with Crippen LogP contribution in [0.2, 0.25) is 0 Å². The van der Waals surface area contributed by atoms with Gasteiger partial charge in [0, 0.05) is 0 Å². The number of carboxylic acid groups (broad SMARTS) is 1. The number of rotatable bonds is 2. The molecule has 0 aromatic rings. The van der Waals surface area contributed by atoms with E-state index < -0.39 is 21.3 Å². The first kappa shape index (κ1) is 8.05. The Morgan fingerprint density at radius 3 is 1.88 bits per heavy atom. The molecule has 0 aromatic heterocycles. The van der Waals surface area contributed by atoms with E-state index in [0.29, 0.717) is 0 Å². The fourth-order valence-electron chi connectivity index (χ4n) is 0.125. The Balaban J connectivity index is 3.74. The molecule has 7 heteroatoms. The Bertz CT molecular complexity index is 133. The summed E-state index contributed by atoms with van der Waals surface area (Å²) in [5.74, 6) is 0. The maximum atomic E-state index is 9.77. The minimum atomic E-state index is -4.29. The summed E-state index contributed by atoms with van der Waals surface area (Å²) in [6, 6.07) is 0. The zero-order chi connectivity index (χ0) is 6.78. The van der Waals surface area contributed by atoms with Crippen LogP contribution in [0.1, 0.15) is 0 Å². The molecule has 0 aromatic carbocycles. The lowest BCUT2D eigenvalue weighted by atomic mass is 11.6. The smallest absolute Gasteiger partial charge is 0.352 e. The van der Waals surface area contributed by atoms with Gasteiger partial charge in [0.25, 0.3) is 0 Å². The molecule has 0 amide bonds. The molecular weight excluding hydrogens is 154 g/mol. The van der Waals surface area contributed by atoms with Gasteiger partial charge in [0.2, 0.25) is 0 Å². The van der Waals surface area contributed by atoms with Crippen LogP contribution in [0, 0.1) is 0 Å². The van der Waals surface area contributed by atoms with Crippen LogP contribution in [-0.4, -0.2) is 20.6 Å². The lowest BCUT2D eigenvalue weighted by Crippen LogP contribution is -1.78. The molecule has 0 fully saturated rings. The van der Waals surface area contributed by atoms with E-state index in [4.69, 9.17) is 14.9 Å². The van der Waals surface area contributed by atoms with Crippen molar-refractivity contribution in [1.29, 1.82) is 0 Å². The molecule has 5 nitrogen and oxygen atoms in total. The van der Waals surface area contributed by atoms with Crippen LogP contribution in [0.5, 0.6) is 0 Å². The van der Waals surface area contributed by atoms with Crippen molar-refractivity contribution in [2.75, 3.05) is 0 Å². The third kappa shape index (κ3) is 6.05. The van der Waals surface area contributed by atoms with E-state index >= 15 is 0 Å². The van der Waals surface area contributed by atoms with E-state index in [1.165, 1.54) is 0 Å². The van der Waals surface area contributed by atoms with E-state index in [-0.39, 0.29) is 0 Å². The average Bonchev–Trinajstić information content (AvgIpc) is 1.21. The van der Waals surface area contributed by atoms with Gasteiger partial charge < -0.3 is 14.9 Å². The first-order chi connectivity index (χ1) is 3.42. The van der Waals surface area contributed by atoms with E-state index in [1.54, 1.807) is 0 Å². The van der Waals surface area contributed by atoms with Gasteiger partial charge in [0.1, 0.15) is 8.27 Å². The van der Waals surface area contributed by atoms with Gasteiger partial charge in [-0.05, 0) is 0 Å². The molecule has 1 atom stereocenters. The molecule has 0 aliphatic carbocycles. The number of hydrogen-bond acceptors (Lipinski definition) is 2. The summed E-state index contributed by atoms with van der Waals surface area (Å²) in [5, 5.41) is 7.77. The summed E-state index contributed by atoms with van der Waals surface area (Å²) in [7, 11) is -5.61. The Hall–Kier alpha value is 0.0500. The van der Waals surface area contributed by atoms with E-state index in [2.05, 4.69) is 0 Å². The minimum absolute atomic E-state index is 1.32. The van der Waals surface area contributed by atoms with Crippen LogP contribution in [0.4, 0.5) is 4.79 Å². The molecule has 0 heterocycles. The van der Waals surface area contributed by atoms with Crippen LogP contribution in [0.25, 0.3) is 0 Å². The van der Waals surface area contributed by atoms with Gasteiger partial charge in [0.15, 0.2) is 0 Å². The van der Waals surface area contributed by atoms with Crippen molar-refractivity contribution in [3.8, 4) is 0 Å². The quantitative estimate of drug-likeness (QED) is 0.506. The maximum absolute atomic E-state index is 9.77. The summed E-state index contributed by atoms with van der Waals surface area (Å²) < 4.78 is 9.77. The second-order valence-corrected chi connectivity index (χ2v) is 5.12. The zero-order valence-corrected chi connectivity index (χ0v) is 5.50. The van der Waals surface area contributed by atoms with Crippen molar-refractivity contribution >= 4 is 21.3 Å². The molecule has 0 saturated heterocycles. The van der Waals surface area contributed by atoms with Gasteiger partial charge in [-0.3, -0.25) is 4.57 Å². The molecule has 0 spiro atoms. The molecule has 0 aliphatic rings. The lowest BCUT2D eigenvalue weighted by molar-refractivity contribution is 0.221. The first-order valence-corrected chi connectivity index (χ1v) is 4.94. The first-order valence-electron chi connectivity index (χ1n) is 1.48. The molecular formula is CH4O5P2. The highest BCUT2D eigenvalue weighted by molar-refractivity contribution is 8.25. The molecule has 8 heavy (non-hydrogen) atoms. The summed E-state index contributed by atoms with van der Waals surface area (Å²) in [6.45, 7) is 0. The maximum Gasteiger partial charge on any atom is 0.352 e. The Kier molecular flexibility index (Phi) is 2.57. The van der Waals surface area contributed by atoms with Gasteiger partial charge in [-0.25, -0.2) is 4.79 Å². The molecule has 0 saturated carbocycles. The number of hydrogen-bond donors (Lipinski definition) is 3. The van der Waals surface area contributed by atoms with Gasteiger partial charge in [-0.15, -0.1) is 0 Å². The Labute approximate surface area is 46.6 Å². The number of carbonyl (C=O) groups is 1. The van der Waals surface area contributed by atoms with E-state index in [0.717, 1.165) is 0 Å². The summed E-state index contributed by atoms with van der Waals surface area (Å²) in [4.78, 5) is 25.4. The predicted molar refractivity (Wildman–Crippen MR) is 28.4 cm³/mol. The van der Waals surface area contributed by atoms with E-state index in [1.807, 2.05) is 0 Å². The monoisotopic (exact) mass is 158 g/mol. The van der Waals surface area contributed by atoms with Crippen molar-refractivity contribution < 1.29 is 24.3 Å². The summed E-state index contributed by atoms with van der Waals surface area (Å²) >= 11 is 0. The molecule has 3 N–H and O–H groups in total. The van der Waals surface area contributed by atoms with Crippen LogP contribution in [0.3, 0.4) is 0 Å². The predicted octanol–water partition coefficient (Wildman–Crippen LogP) is 0.436. The molecule has 48 valence electrons. The third-order valence-electron chi connectivity index (χ3n) is 0.241. The third-order valence-corrected chi connectivity index (χ3v) is 2.17. The highest BCUT2D eigenvalue weighted by Crippen LogP contribution is 2.56. The summed E-state index contributed by atoms with van der Waals surface area (Å²) in [6.07, 6.45) is 0. The minimum Gasteiger partial charge on any atom is -0.478 e. The van der Waals surface area contributed by atoms with Crippen LogP contribution < -0.4 is 0 Å². The van der Waals surface area contributed by atoms with Crippen molar-refractivity contribution in [2.45, 2.75) is 0 Å². The highest BCUT2D eigenvalue weighted by Gasteiger charge is 2.17. The van der Waals surface area contributed by atoms with Gasteiger partial charge in [-0.1, -0.05) is 0 Å². The lowest BCUT2D eigenvalue weighted by Gasteiger charge is -1.94. The molecule has 1 unspecified atom stereocenters. The fourth-order valence-corrected chi connectivity index (χ4v) is 1.12. The largest absolute Gasteiger partial charge is 0.478 e. The zero-order valence-electron chi connectivity index (χ0n) is 3.61. The van der Waals surface area contributed by atoms with Crippen LogP contribution in [0.15, 0.2) is 0 Å². The van der Waals surface area contributed by atoms with Crippen molar-refractivity contribution in [3.05, 3.63) is 0 Å². The fraction of sp³-hybridized carbons (Fsp3) is 0. The Morgan fingerprint density at radius 2 is 1.88 bits per heavy atom. The average molecular weight is 158 g/mol. The van der Waals surface area contributed by atoms with Crippen molar-refractivity contribution in [2.24, 2.45) is 0 Å². The van der Waals surface area contributed by atoms with Gasteiger partial charge in [-0.2, -0.15) is 0 Å². The van der Waals surface area contributed by atoms with Crippen LogP contribution >= 0.6 is 15.6 Å². The van der Waals surface area contributed by atoms with E-state index in [9.17, 15) is 9.36 Å². The highest BCUT2D eigenvalue weighted by atomic mass is 32.1. The second kappa shape index (κ2) is 2.55. The summed E-state index contributed by atoms with van der Waals surface area (Å²) in [5.41, 5.74) is -1.46. The molecule has 0 rings (SSSR count). The normalized spacial score (nSPS) is 12.8. The molecule has 0 aliphatic heterocycles. The Morgan fingerprint density at radius 1 is 1.50 bits per heavy atom. The molecule has 0 bridgehead atoms. The molecule has 0 radical (unpaired) electrons. The van der Waals surface area contributed by atoms with Gasteiger partial charge >= 0.3 is 13.0 Å².